The van der Waals surface area contributed by atoms with E-state index in [2.05, 4.69) is 24.3 Å². The predicted octanol–water partition coefficient (Wildman–Crippen LogP) is 3.14. The van der Waals surface area contributed by atoms with Gasteiger partial charge in [0.2, 0.25) is 0 Å². The Morgan fingerprint density at radius 2 is 1.68 bits per heavy atom. The van der Waals surface area contributed by atoms with E-state index in [4.69, 9.17) is 22.3 Å². The number of nitrogen functional groups attached to an aromatic ring is 1. The van der Waals surface area contributed by atoms with Crippen molar-refractivity contribution in [3.8, 4) is 0 Å². The molecule has 114 valence electrons. The van der Waals surface area contributed by atoms with Gasteiger partial charge in [0.15, 0.2) is 0 Å². The lowest BCUT2D eigenvalue weighted by Crippen LogP contribution is -2.19. The normalized spacial score (nSPS) is 23.5. The van der Waals surface area contributed by atoms with E-state index in [1.807, 2.05) is 12.1 Å². The molecule has 1 aromatic rings. The Balaban J connectivity index is 2.04. The first-order valence-corrected chi connectivity index (χ1v) is 7.75. The van der Waals surface area contributed by atoms with Crippen LogP contribution in [0.1, 0.15) is 54.2 Å². The molecule has 4 nitrogen and oxygen atoms in total. The fourth-order valence-electron chi connectivity index (χ4n) is 3.57. The highest BCUT2D eigenvalue weighted by Crippen LogP contribution is 2.43. The maximum Gasteiger partial charge on any atom is 0.122 e. The lowest BCUT2D eigenvalue weighted by Gasteiger charge is -2.32. The standard InChI is InChI=1S/C18H22N4/c19-17(20)13-3-1-2-11-4-5-12(6-7-13)15-9-8-14(18(21)22)10-16(11)15/h1,3,7-12H,2,4-6H2,(H3,19,20)(H3,21,22). The molecule has 0 aromatic heterocycles. The Labute approximate surface area is 130 Å². The Morgan fingerprint density at radius 1 is 0.955 bits per heavy atom. The molecular formula is C18H22N4. The van der Waals surface area contributed by atoms with Crippen LogP contribution in [0.5, 0.6) is 0 Å². The summed E-state index contributed by atoms with van der Waals surface area (Å²) in [7, 11) is 0. The summed E-state index contributed by atoms with van der Waals surface area (Å²) >= 11 is 0. The van der Waals surface area contributed by atoms with Gasteiger partial charge in [0.1, 0.15) is 11.7 Å². The number of amidine groups is 2. The molecule has 0 heterocycles. The van der Waals surface area contributed by atoms with Crippen molar-refractivity contribution < 1.29 is 0 Å². The van der Waals surface area contributed by atoms with Crippen molar-refractivity contribution >= 4 is 11.7 Å². The van der Waals surface area contributed by atoms with E-state index in [1.165, 1.54) is 11.1 Å². The van der Waals surface area contributed by atoms with Crippen LogP contribution in [0.4, 0.5) is 0 Å². The highest BCUT2D eigenvalue weighted by Gasteiger charge is 2.27. The first kappa shape index (κ1) is 14.6. The topological polar surface area (TPSA) is 99.7 Å². The maximum absolute atomic E-state index is 7.66. The van der Waals surface area contributed by atoms with Gasteiger partial charge in [0.05, 0.1) is 0 Å². The molecule has 6 N–H and O–H groups in total. The largest absolute Gasteiger partial charge is 0.384 e. The molecule has 2 bridgehead atoms. The second kappa shape index (κ2) is 5.79. The fourth-order valence-corrected chi connectivity index (χ4v) is 3.57. The predicted molar refractivity (Wildman–Crippen MR) is 90.5 cm³/mol. The lowest BCUT2D eigenvalue weighted by molar-refractivity contribution is 0.485. The highest BCUT2D eigenvalue weighted by molar-refractivity contribution is 5.97. The molecule has 1 aromatic carbocycles. The van der Waals surface area contributed by atoms with E-state index in [-0.39, 0.29) is 11.7 Å². The van der Waals surface area contributed by atoms with Gasteiger partial charge in [-0.05, 0) is 54.7 Å². The van der Waals surface area contributed by atoms with Gasteiger partial charge in [-0.2, -0.15) is 0 Å². The number of allylic oxidation sites excluding steroid dienone is 2. The molecule has 0 aliphatic heterocycles. The first-order chi connectivity index (χ1) is 10.6. The summed E-state index contributed by atoms with van der Waals surface area (Å²) < 4.78 is 0. The van der Waals surface area contributed by atoms with Crippen molar-refractivity contribution in [2.24, 2.45) is 11.5 Å². The van der Waals surface area contributed by atoms with Gasteiger partial charge >= 0.3 is 0 Å². The number of hydrogen-bond donors (Lipinski definition) is 4. The molecule has 22 heavy (non-hydrogen) atoms. The molecule has 3 aliphatic carbocycles. The molecule has 0 amide bonds. The van der Waals surface area contributed by atoms with Crippen molar-refractivity contribution in [3.05, 3.63) is 58.7 Å². The third-order valence-electron chi connectivity index (χ3n) is 4.79. The molecular weight excluding hydrogens is 272 g/mol. The van der Waals surface area contributed by atoms with Gasteiger partial charge in [-0.15, -0.1) is 0 Å². The number of nitrogens with two attached hydrogens (primary N) is 2. The van der Waals surface area contributed by atoms with Crippen LogP contribution in [-0.2, 0) is 0 Å². The van der Waals surface area contributed by atoms with E-state index >= 15 is 0 Å². The van der Waals surface area contributed by atoms with Crippen LogP contribution in [0, 0.1) is 10.8 Å². The molecule has 0 saturated heterocycles. The minimum atomic E-state index is 0.130. The van der Waals surface area contributed by atoms with Crippen LogP contribution in [0.3, 0.4) is 0 Å². The molecule has 0 fully saturated rings. The van der Waals surface area contributed by atoms with Crippen LogP contribution in [0.25, 0.3) is 0 Å². The number of fused-ring (bicyclic) bond motifs is 4. The zero-order valence-corrected chi connectivity index (χ0v) is 12.6. The number of hydrogen-bond acceptors (Lipinski definition) is 2. The van der Waals surface area contributed by atoms with Crippen molar-refractivity contribution in [2.45, 2.75) is 37.5 Å². The van der Waals surface area contributed by atoms with E-state index in [1.54, 1.807) is 0 Å². The van der Waals surface area contributed by atoms with E-state index < -0.39 is 0 Å². The molecule has 0 spiro atoms. The van der Waals surface area contributed by atoms with Crippen LogP contribution in [-0.4, -0.2) is 11.7 Å². The molecule has 0 saturated carbocycles. The highest BCUT2D eigenvalue weighted by atomic mass is 14.7. The smallest absolute Gasteiger partial charge is 0.122 e. The van der Waals surface area contributed by atoms with Gasteiger partial charge in [0.25, 0.3) is 0 Å². The molecule has 3 aliphatic rings. The van der Waals surface area contributed by atoms with Crippen molar-refractivity contribution in [3.63, 3.8) is 0 Å². The zero-order chi connectivity index (χ0) is 15.7. The monoisotopic (exact) mass is 294 g/mol. The van der Waals surface area contributed by atoms with Crippen molar-refractivity contribution in [2.75, 3.05) is 0 Å². The summed E-state index contributed by atoms with van der Waals surface area (Å²) in [6.45, 7) is 0. The number of benzene rings is 1. The van der Waals surface area contributed by atoms with Crippen molar-refractivity contribution in [1.29, 1.82) is 10.8 Å². The van der Waals surface area contributed by atoms with Gasteiger partial charge in [-0.3, -0.25) is 10.8 Å². The molecule has 2 atom stereocenters. The van der Waals surface area contributed by atoms with E-state index in [0.29, 0.717) is 11.8 Å². The van der Waals surface area contributed by atoms with Gasteiger partial charge in [-0.1, -0.05) is 30.4 Å². The average molecular weight is 294 g/mol. The summed E-state index contributed by atoms with van der Waals surface area (Å²) in [4.78, 5) is 0. The second-order valence-corrected chi connectivity index (χ2v) is 6.18. The van der Waals surface area contributed by atoms with E-state index in [0.717, 1.165) is 36.8 Å². The zero-order valence-electron chi connectivity index (χ0n) is 12.6. The van der Waals surface area contributed by atoms with Crippen molar-refractivity contribution in [1.82, 2.24) is 0 Å². The Bertz CT molecular complexity index is 684. The minimum absolute atomic E-state index is 0.130. The summed E-state index contributed by atoms with van der Waals surface area (Å²) in [6.07, 6.45) is 10.3. The average Bonchev–Trinajstić information content (AvgIpc) is 2.52. The Kier molecular flexibility index (Phi) is 3.84. The summed E-state index contributed by atoms with van der Waals surface area (Å²) in [5.74, 6) is 1.20. The van der Waals surface area contributed by atoms with Crippen LogP contribution in [0.15, 0.2) is 42.0 Å². The minimum Gasteiger partial charge on any atom is -0.384 e. The number of rotatable bonds is 2. The third-order valence-corrected chi connectivity index (χ3v) is 4.79. The fraction of sp³-hybridized carbons (Fsp3) is 0.333. The lowest BCUT2D eigenvalue weighted by atomic mass is 9.73. The van der Waals surface area contributed by atoms with E-state index in [9.17, 15) is 0 Å². The quantitative estimate of drug-likeness (QED) is 0.497. The molecule has 0 radical (unpaired) electrons. The number of nitrogens with one attached hydrogen (secondary N) is 2. The summed E-state index contributed by atoms with van der Waals surface area (Å²) in [5.41, 5.74) is 15.6. The maximum atomic E-state index is 7.66. The van der Waals surface area contributed by atoms with Gasteiger partial charge in [0, 0.05) is 11.1 Å². The van der Waals surface area contributed by atoms with Gasteiger partial charge < -0.3 is 11.5 Å². The molecule has 4 heteroatoms. The molecule has 4 rings (SSSR count). The van der Waals surface area contributed by atoms with Crippen LogP contribution in [0.2, 0.25) is 0 Å². The third kappa shape index (κ3) is 2.69. The van der Waals surface area contributed by atoms with Crippen LogP contribution >= 0.6 is 0 Å². The summed E-state index contributed by atoms with van der Waals surface area (Å²) in [6, 6.07) is 6.18. The first-order valence-electron chi connectivity index (χ1n) is 7.75. The summed E-state index contributed by atoms with van der Waals surface area (Å²) in [5, 5.41) is 15.3. The Morgan fingerprint density at radius 3 is 2.36 bits per heavy atom. The molecule has 2 unspecified atom stereocenters. The second-order valence-electron chi connectivity index (χ2n) is 6.18. The Hall–Kier alpha value is -2.36. The van der Waals surface area contributed by atoms with Crippen LogP contribution < -0.4 is 11.5 Å². The van der Waals surface area contributed by atoms with Gasteiger partial charge in [-0.25, -0.2) is 0 Å². The SMILES string of the molecule is N=C(N)C1=CCC2CCC(CC=C1)c1cc(C(=N)N)ccc12.